The number of nitrogens with one attached hydrogen (secondary N) is 2. The number of sulfonamides is 1. The van der Waals surface area contributed by atoms with E-state index in [1.165, 1.54) is 13.1 Å². The Balaban J connectivity index is 2.27. The molecule has 0 aromatic heterocycles. The topological polar surface area (TPSA) is 78.4 Å². The predicted molar refractivity (Wildman–Crippen MR) is 82.9 cm³/mol. The number of hydrogen-bond acceptors (Lipinski definition) is 4. The van der Waals surface area contributed by atoms with Crippen molar-refractivity contribution in [2.75, 3.05) is 12.4 Å². The second kappa shape index (κ2) is 6.15. The molecule has 5 nitrogen and oxygen atoms in total. The molecule has 3 N–H and O–H groups in total. The molecule has 0 amide bonds. The summed E-state index contributed by atoms with van der Waals surface area (Å²) in [6.07, 6.45) is 0. The van der Waals surface area contributed by atoms with Gasteiger partial charge >= 0.3 is 0 Å². The van der Waals surface area contributed by atoms with E-state index in [9.17, 15) is 13.5 Å². The minimum absolute atomic E-state index is 0.180. The highest BCUT2D eigenvalue weighted by Crippen LogP contribution is 2.25. The molecule has 0 heterocycles. The van der Waals surface area contributed by atoms with Crippen molar-refractivity contribution in [3.63, 3.8) is 0 Å². The lowest BCUT2D eigenvalue weighted by Crippen LogP contribution is -2.20. The summed E-state index contributed by atoms with van der Waals surface area (Å²) in [7, 11) is -2.15. The number of aromatic hydroxyl groups is 1. The summed E-state index contributed by atoms with van der Waals surface area (Å²) >= 11 is 0. The molecule has 0 saturated heterocycles. The van der Waals surface area contributed by atoms with Crippen LogP contribution in [-0.4, -0.2) is 20.6 Å². The van der Waals surface area contributed by atoms with Crippen LogP contribution in [0.5, 0.6) is 5.75 Å². The van der Waals surface area contributed by atoms with Gasteiger partial charge in [0, 0.05) is 12.1 Å². The average molecular weight is 306 g/mol. The summed E-state index contributed by atoms with van der Waals surface area (Å²) in [5, 5.41) is 13.0. The zero-order valence-electron chi connectivity index (χ0n) is 11.9. The van der Waals surface area contributed by atoms with Gasteiger partial charge in [-0.05, 0) is 31.7 Å². The highest BCUT2D eigenvalue weighted by Gasteiger charge is 2.16. The maximum absolute atomic E-state index is 12.0. The SMILES string of the molecule is CNS(=O)(=O)c1ccccc1NCc1cccc(C)c1O. The van der Waals surface area contributed by atoms with Crippen LogP contribution in [0.25, 0.3) is 0 Å². The maximum Gasteiger partial charge on any atom is 0.242 e. The first-order valence-corrected chi connectivity index (χ1v) is 7.98. The largest absolute Gasteiger partial charge is 0.507 e. The molecule has 6 heteroatoms. The fourth-order valence-electron chi connectivity index (χ4n) is 2.01. The second-order valence-corrected chi connectivity index (χ2v) is 6.49. The van der Waals surface area contributed by atoms with E-state index in [0.29, 0.717) is 17.8 Å². The normalized spacial score (nSPS) is 11.3. The van der Waals surface area contributed by atoms with Crippen molar-refractivity contribution < 1.29 is 13.5 Å². The van der Waals surface area contributed by atoms with Crippen molar-refractivity contribution in [2.24, 2.45) is 0 Å². The summed E-state index contributed by atoms with van der Waals surface area (Å²) in [6.45, 7) is 2.15. The number of para-hydroxylation sites is 2. The van der Waals surface area contributed by atoms with Gasteiger partial charge in [-0.1, -0.05) is 30.3 Å². The van der Waals surface area contributed by atoms with Crippen LogP contribution in [0.2, 0.25) is 0 Å². The van der Waals surface area contributed by atoms with Crippen LogP contribution < -0.4 is 10.0 Å². The lowest BCUT2D eigenvalue weighted by molar-refractivity contribution is 0.465. The Kier molecular flexibility index (Phi) is 4.50. The van der Waals surface area contributed by atoms with E-state index in [4.69, 9.17) is 0 Å². The molecule has 0 unspecified atom stereocenters. The summed E-state index contributed by atoms with van der Waals surface area (Å²) in [5.41, 5.74) is 1.99. The third-order valence-corrected chi connectivity index (χ3v) is 4.71. The number of rotatable bonds is 5. The van der Waals surface area contributed by atoms with Crippen LogP contribution in [-0.2, 0) is 16.6 Å². The smallest absolute Gasteiger partial charge is 0.242 e. The molecule has 0 radical (unpaired) electrons. The number of phenolic OH excluding ortho intramolecular Hbond substituents is 1. The van der Waals surface area contributed by atoms with Gasteiger partial charge in [-0.3, -0.25) is 0 Å². The molecule has 112 valence electrons. The zero-order valence-corrected chi connectivity index (χ0v) is 12.7. The molecule has 0 fully saturated rings. The Morgan fingerprint density at radius 3 is 2.52 bits per heavy atom. The molecule has 2 rings (SSSR count). The predicted octanol–water partition coefficient (Wildman–Crippen LogP) is 2.22. The molecule has 0 aliphatic heterocycles. The standard InChI is InChI=1S/C15H18N2O3S/c1-11-6-5-7-12(15(11)18)10-17-13-8-3-4-9-14(13)21(19,20)16-2/h3-9,16-18H,10H2,1-2H3. The number of aryl methyl sites for hydroxylation is 1. The second-order valence-electron chi connectivity index (χ2n) is 4.64. The molecule has 0 aliphatic carbocycles. The molecule has 21 heavy (non-hydrogen) atoms. The highest BCUT2D eigenvalue weighted by molar-refractivity contribution is 7.89. The molecular weight excluding hydrogens is 288 g/mol. The first kappa shape index (κ1) is 15.3. The monoisotopic (exact) mass is 306 g/mol. The van der Waals surface area contributed by atoms with Crippen molar-refractivity contribution in [1.82, 2.24) is 4.72 Å². The fraction of sp³-hybridized carbons (Fsp3) is 0.200. The molecule has 2 aromatic rings. The van der Waals surface area contributed by atoms with Crippen molar-refractivity contribution in [1.29, 1.82) is 0 Å². The van der Waals surface area contributed by atoms with E-state index >= 15 is 0 Å². The van der Waals surface area contributed by atoms with Crippen LogP contribution >= 0.6 is 0 Å². The minimum atomic E-state index is -3.53. The van der Waals surface area contributed by atoms with Crippen LogP contribution in [0, 0.1) is 6.92 Å². The Labute approximate surface area is 124 Å². The molecule has 0 spiro atoms. The van der Waals surface area contributed by atoms with Crippen LogP contribution in [0.4, 0.5) is 5.69 Å². The van der Waals surface area contributed by atoms with Gasteiger partial charge in [0.25, 0.3) is 0 Å². The zero-order chi connectivity index (χ0) is 15.5. The maximum atomic E-state index is 12.0. The Morgan fingerprint density at radius 1 is 1.10 bits per heavy atom. The van der Waals surface area contributed by atoms with Gasteiger partial charge in [0.05, 0.1) is 5.69 Å². The Hall–Kier alpha value is -2.05. The molecule has 0 aliphatic rings. The third kappa shape index (κ3) is 3.34. The molecule has 0 atom stereocenters. The lowest BCUT2D eigenvalue weighted by Gasteiger charge is -2.13. The fourth-order valence-corrected chi connectivity index (χ4v) is 2.92. The van der Waals surface area contributed by atoms with Crippen LogP contribution in [0.15, 0.2) is 47.4 Å². The van der Waals surface area contributed by atoms with Gasteiger partial charge in [-0.15, -0.1) is 0 Å². The summed E-state index contributed by atoms with van der Waals surface area (Å²) < 4.78 is 26.2. The van der Waals surface area contributed by atoms with E-state index < -0.39 is 10.0 Å². The van der Waals surface area contributed by atoms with Crippen molar-refractivity contribution >= 4 is 15.7 Å². The summed E-state index contributed by atoms with van der Waals surface area (Å²) in [6, 6.07) is 12.1. The third-order valence-electron chi connectivity index (χ3n) is 3.24. The van der Waals surface area contributed by atoms with E-state index in [1.54, 1.807) is 24.3 Å². The van der Waals surface area contributed by atoms with E-state index in [1.807, 2.05) is 19.1 Å². The molecule has 2 aromatic carbocycles. The van der Waals surface area contributed by atoms with Crippen LogP contribution in [0.1, 0.15) is 11.1 Å². The summed E-state index contributed by atoms with van der Waals surface area (Å²) in [4.78, 5) is 0.180. The van der Waals surface area contributed by atoms with E-state index in [0.717, 1.165) is 5.56 Å². The number of anilines is 1. The van der Waals surface area contributed by atoms with E-state index in [-0.39, 0.29) is 10.6 Å². The molecular formula is C15H18N2O3S. The number of benzene rings is 2. The van der Waals surface area contributed by atoms with Gasteiger partial charge < -0.3 is 10.4 Å². The van der Waals surface area contributed by atoms with Crippen molar-refractivity contribution in [2.45, 2.75) is 18.4 Å². The average Bonchev–Trinajstić information content (AvgIpc) is 2.49. The van der Waals surface area contributed by atoms with Gasteiger partial charge in [-0.2, -0.15) is 0 Å². The van der Waals surface area contributed by atoms with Gasteiger partial charge in [0.15, 0.2) is 0 Å². The highest BCUT2D eigenvalue weighted by atomic mass is 32.2. The minimum Gasteiger partial charge on any atom is -0.507 e. The summed E-state index contributed by atoms with van der Waals surface area (Å²) in [5.74, 6) is 0.221. The Morgan fingerprint density at radius 2 is 1.81 bits per heavy atom. The van der Waals surface area contributed by atoms with Crippen LogP contribution in [0.3, 0.4) is 0 Å². The number of hydrogen-bond donors (Lipinski definition) is 3. The van der Waals surface area contributed by atoms with Gasteiger partial charge in [-0.25, -0.2) is 13.1 Å². The van der Waals surface area contributed by atoms with Gasteiger partial charge in [0.2, 0.25) is 10.0 Å². The van der Waals surface area contributed by atoms with Gasteiger partial charge in [0.1, 0.15) is 10.6 Å². The van der Waals surface area contributed by atoms with Crippen molar-refractivity contribution in [3.8, 4) is 5.75 Å². The quantitative estimate of drug-likeness (QED) is 0.791. The van der Waals surface area contributed by atoms with Crippen molar-refractivity contribution in [3.05, 3.63) is 53.6 Å². The molecule has 0 bridgehead atoms. The van der Waals surface area contributed by atoms with E-state index in [2.05, 4.69) is 10.0 Å². The molecule has 0 saturated carbocycles. The Bertz CT molecular complexity index is 742. The lowest BCUT2D eigenvalue weighted by atomic mass is 10.1. The number of phenols is 1. The first-order valence-electron chi connectivity index (χ1n) is 6.49. The first-order chi connectivity index (χ1) is 9.95.